The van der Waals surface area contributed by atoms with Gasteiger partial charge in [-0.3, -0.25) is 4.79 Å². The zero-order valence-electron chi connectivity index (χ0n) is 11.5. The zero-order chi connectivity index (χ0) is 14.8. The number of aromatic nitrogens is 2. The lowest BCUT2D eigenvalue weighted by Gasteiger charge is -2.02. The summed E-state index contributed by atoms with van der Waals surface area (Å²) in [5.41, 5.74) is 4.31. The van der Waals surface area contributed by atoms with Gasteiger partial charge in [0.2, 0.25) is 0 Å². The van der Waals surface area contributed by atoms with E-state index in [1.165, 1.54) is 5.56 Å². The van der Waals surface area contributed by atoms with Crippen LogP contribution >= 0.6 is 15.9 Å². The van der Waals surface area contributed by atoms with Crippen LogP contribution in [0.25, 0.3) is 16.9 Å². The van der Waals surface area contributed by atoms with Crippen molar-refractivity contribution in [1.29, 1.82) is 0 Å². The Balaban J connectivity index is 2.10. The molecule has 0 N–H and O–H groups in total. The van der Waals surface area contributed by atoms with Crippen LogP contribution in [0.3, 0.4) is 0 Å². The van der Waals surface area contributed by atoms with Crippen molar-refractivity contribution in [1.82, 2.24) is 9.78 Å². The summed E-state index contributed by atoms with van der Waals surface area (Å²) >= 11 is 3.44. The molecule has 1 aromatic heterocycles. The second-order valence-corrected chi connectivity index (χ2v) is 5.76. The highest BCUT2D eigenvalue weighted by molar-refractivity contribution is 9.10. The molecule has 0 saturated heterocycles. The van der Waals surface area contributed by atoms with Gasteiger partial charge in [0, 0.05) is 16.2 Å². The normalized spacial score (nSPS) is 10.6. The Labute approximate surface area is 131 Å². The van der Waals surface area contributed by atoms with E-state index in [-0.39, 0.29) is 0 Å². The predicted octanol–water partition coefficient (Wildman–Crippen LogP) is 4.42. The molecule has 0 aliphatic rings. The number of hydrogen-bond acceptors (Lipinski definition) is 2. The van der Waals surface area contributed by atoms with Crippen molar-refractivity contribution < 1.29 is 4.79 Å². The Morgan fingerprint density at radius 1 is 1.14 bits per heavy atom. The van der Waals surface area contributed by atoms with E-state index >= 15 is 0 Å². The van der Waals surface area contributed by atoms with E-state index in [9.17, 15) is 4.79 Å². The lowest BCUT2D eigenvalue weighted by Crippen LogP contribution is -1.94. The molecule has 0 unspecified atom stereocenters. The summed E-state index contributed by atoms with van der Waals surface area (Å²) in [5, 5.41) is 4.56. The van der Waals surface area contributed by atoms with Crippen molar-refractivity contribution in [2.75, 3.05) is 0 Å². The van der Waals surface area contributed by atoms with Crippen molar-refractivity contribution in [2.24, 2.45) is 0 Å². The molecule has 0 aliphatic heterocycles. The number of benzene rings is 2. The number of rotatable bonds is 3. The number of aldehydes is 1. The van der Waals surface area contributed by atoms with E-state index in [1.807, 2.05) is 55.5 Å². The molecular weight excluding hydrogens is 328 g/mol. The Hall–Kier alpha value is -2.20. The summed E-state index contributed by atoms with van der Waals surface area (Å²) in [6, 6.07) is 15.8. The maximum atomic E-state index is 11.3. The molecule has 0 radical (unpaired) electrons. The average Bonchev–Trinajstić information content (AvgIpc) is 2.92. The molecule has 3 nitrogen and oxygen atoms in total. The van der Waals surface area contributed by atoms with Gasteiger partial charge in [0.05, 0.1) is 11.3 Å². The first-order valence-electron chi connectivity index (χ1n) is 6.55. The summed E-state index contributed by atoms with van der Waals surface area (Å²) in [6.45, 7) is 2.03. The molecule has 3 rings (SSSR count). The summed E-state index contributed by atoms with van der Waals surface area (Å²) in [7, 11) is 0. The molecule has 0 spiro atoms. The number of nitrogens with zero attached hydrogens (tertiary/aromatic N) is 2. The molecule has 3 aromatic rings. The topological polar surface area (TPSA) is 34.9 Å². The van der Waals surface area contributed by atoms with Crippen LogP contribution in [0.2, 0.25) is 0 Å². The first-order valence-corrected chi connectivity index (χ1v) is 7.34. The summed E-state index contributed by atoms with van der Waals surface area (Å²) in [4.78, 5) is 11.3. The van der Waals surface area contributed by atoms with Crippen LogP contribution in [-0.4, -0.2) is 16.1 Å². The lowest BCUT2D eigenvalue weighted by atomic mass is 10.1. The second-order valence-electron chi connectivity index (χ2n) is 4.84. The number of aryl methyl sites for hydroxylation is 1. The van der Waals surface area contributed by atoms with E-state index in [0.717, 1.165) is 22.0 Å². The summed E-state index contributed by atoms with van der Waals surface area (Å²) < 4.78 is 2.70. The molecule has 0 bridgehead atoms. The molecule has 21 heavy (non-hydrogen) atoms. The quantitative estimate of drug-likeness (QED) is 0.661. The largest absolute Gasteiger partial charge is 0.298 e. The lowest BCUT2D eigenvalue weighted by molar-refractivity contribution is 0.112. The van der Waals surface area contributed by atoms with Gasteiger partial charge < -0.3 is 0 Å². The molecule has 2 aromatic carbocycles. The SMILES string of the molecule is Cc1ccc(-c2nn(-c3cccc(Br)c3)cc2C=O)cc1. The van der Waals surface area contributed by atoms with Gasteiger partial charge in [-0.05, 0) is 25.1 Å². The molecule has 0 saturated carbocycles. The maximum Gasteiger partial charge on any atom is 0.153 e. The molecule has 104 valence electrons. The maximum absolute atomic E-state index is 11.3. The van der Waals surface area contributed by atoms with E-state index in [4.69, 9.17) is 0 Å². The van der Waals surface area contributed by atoms with Crippen molar-refractivity contribution in [2.45, 2.75) is 6.92 Å². The van der Waals surface area contributed by atoms with Crippen molar-refractivity contribution in [3.63, 3.8) is 0 Å². The van der Waals surface area contributed by atoms with Gasteiger partial charge in [0.15, 0.2) is 6.29 Å². The van der Waals surface area contributed by atoms with Crippen LogP contribution < -0.4 is 0 Å². The smallest absolute Gasteiger partial charge is 0.153 e. The van der Waals surface area contributed by atoms with Crippen molar-refractivity contribution >= 4 is 22.2 Å². The Morgan fingerprint density at radius 3 is 2.57 bits per heavy atom. The third kappa shape index (κ3) is 2.81. The predicted molar refractivity (Wildman–Crippen MR) is 86.8 cm³/mol. The number of halogens is 1. The Bertz CT molecular complexity index is 791. The highest BCUT2D eigenvalue weighted by Gasteiger charge is 2.11. The Kier molecular flexibility index (Phi) is 3.71. The van der Waals surface area contributed by atoms with E-state index in [0.29, 0.717) is 11.3 Å². The standard InChI is InChI=1S/C17H13BrN2O/c1-12-5-7-13(8-6-12)17-14(11-21)10-20(19-17)16-4-2-3-15(18)9-16/h2-11H,1H3. The van der Waals surface area contributed by atoms with Crippen molar-refractivity contribution in [3.8, 4) is 16.9 Å². The van der Waals surface area contributed by atoms with Crippen LogP contribution in [0.5, 0.6) is 0 Å². The molecular formula is C17H13BrN2O. The third-order valence-corrected chi connectivity index (χ3v) is 3.76. The summed E-state index contributed by atoms with van der Waals surface area (Å²) in [5.74, 6) is 0. The fourth-order valence-electron chi connectivity index (χ4n) is 2.16. The number of hydrogen-bond donors (Lipinski definition) is 0. The second kappa shape index (κ2) is 5.66. The Morgan fingerprint density at radius 2 is 1.90 bits per heavy atom. The van der Waals surface area contributed by atoms with E-state index in [1.54, 1.807) is 10.9 Å². The van der Waals surface area contributed by atoms with Crippen LogP contribution in [0, 0.1) is 6.92 Å². The van der Waals surface area contributed by atoms with Gasteiger partial charge >= 0.3 is 0 Å². The first-order chi connectivity index (χ1) is 10.2. The van der Waals surface area contributed by atoms with Gasteiger partial charge in [-0.2, -0.15) is 5.10 Å². The first kappa shape index (κ1) is 13.8. The molecule has 4 heteroatoms. The van der Waals surface area contributed by atoms with E-state index < -0.39 is 0 Å². The minimum Gasteiger partial charge on any atom is -0.298 e. The molecule has 0 fully saturated rings. The minimum atomic E-state index is 0.582. The zero-order valence-corrected chi connectivity index (χ0v) is 13.0. The molecule has 1 heterocycles. The number of carbonyl (C=O) groups excluding carboxylic acids is 1. The monoisotopic (exact) mass is 340 g/mol. The highest BCUT2D eigenvalue weighted by Crippen LogP contribution is 2.24. The average molecular weight is 341 g/mol. The highest BCUT2D eigenvalue weighted by atomic mass is 79.9. The van der Waals surface area contributed by atoms with Gasteiger partial charge in [-0.15, -0.1) is 0 Å². The van der Waals surface area contributed by atoms with Gasteiger partial charge in [-0.25, -0.2) is 4.68 Å². The fourth-order valence-corrected chi connectivity index (χ4v) is 2.55. The third-order valence-electron chi connectivity index (χ3n) is 3.27. The van der Waals surface area contributed by atoms with Crippen LogP contribution in [0.4, 0.5) is 0 Å². The number of carbonyl (C=O) groups is 1. The minimum absolute atomic E-state index is 0.582. The van der Waals surface area contributed by atoms with Crippen LogP contribution in [-0.2, 0) is 0 Å². The van der Waals surface area contributed by atoms with Gasteiger partial charge in [0.1, 0.15) is 5.69 Å². The van der Waals surface area contributed by atoms with Crippen molar-refractivity contribution in [3.05, 3.63) is 70.3 Å². The fraction of sp³-hybridized carbons (Fsp3) is 0.0588. The van der Waals surface area contributed by atoms with E-state index in [2.05, 4.69) is 21.0 Å². The molecule has 0 aliphatic carbocycles. The van der Waals surface area contributed by atoms with Gasteiger partial charge in [0.25, 0.3) is 0 Å². The molecule has 0 atom stereocenters. The van der Waals surface area contributed by atoms with Crippen LogP contribution in [0.15, 0.2) is 59.2 Å². The van der Waals surface area contributed by atoms with Gasteiger partial charge in [-0.1, -0.05) is 51.8 Å². The van der Waals surface area contributed by atoms with Crippen LogP contribution in [0.1, 0.15) is 15.9 Å². The molecule has 0 amide bonds. The summed E-state index contributed by atoms with van der Waals surface area (Å²) in [6.07, 6.45) is 2.60.